The third-order valence-corrected chi connectivity index (χ3v) is 6.62. The van der Waals surface area contributed by atoms with Crippen molar-refractivity contribution in [2.75, 3.05) is 26.8 Å². The Morgan fingerprint density at radius 1 is 1.00 bits per heavy atom. The van der Waals surface area contributed by atoms with E-state index in [-0.39, 0.29) is 17.7 Å². The second-order valence-corrected chi connectivity index (χ2v) is 9.00. The first-order valence-electron chi connectivity index (χ1n) is 12.4. The molecule has 0 aliphatic carbocycles. The van der Waals surface area contributed by atoms with Gasteiger partial charge in [-0.15, -0.1) is 0 Å². The van der Waals surface area contributed by atoms with Crippen LogP contribution in [0.5, 0.6) is 11.5 Å². The van der Waals surface area contributed by atoms with Gasteiger partial charge in [0.05, 0.1) is 13.7 Å². The van der Waals surface area contributed by atoms with E-state index in [9.17, 15) is 9.59 Å². The summed E-state index contributed by atoms with van der Waals surface area (Å²) < 4.78 is 11.2. The molecule has 184 valence electrons. The van der Waals surface area contributed by atoms with Gasteiger partial charge in [0.15, 0.2) is 11.5 Å². The minimum absolute atomic E-state index is 0.0319. The molecule has 6 nitrogen and oxygen atoms in total. The molecule has 0 aromatic heterocycles. The minimum atomic E-state index is -0.0925. The Morgan fingerprint density at radius 2 is 1.77 bits per heavy atom. The molecule has 0 spiro atoms. The van der Waals surface area contributed by atoms with E-state index in [2.05, 4.69) is 12.2 Å². The molecule has 0 radical (unpaired) electrons. The van der Waals surface area contributed by atoms with Gasteiger partial charge in [0.2, 0.25) is 5.91 Å². The molecule has 1 aliphatic heterocycles. The van der Waals surface area contributed by atoms with E-state index in [4.69, 9.17) is 9.47 Å². The van der Waals surface area contributed by atoms with Gasteiger partial charge in [-0.25, -0.2) is 0 Å². The van der Waals surface area contributed by atoms with E-state index in [1.807, 2.05) is 65.6 Å². The number of likely N-dealkylation sites (tertiary alicyclic amines) is 1. The molecular formula is C29H34N2O4. The van der Waals surface area contributed by atoms with Gasteiger partial charge in [-0.3, -0.25) is 9.59 Å². The van der Waals surface area contributed by atoms with Gasteiger partial charge in [0.25, 0.3) is 5.91 Å². The summed E-state index contributed by atoms with van der Waals surface area (Å²) in [4.78, 5) is 27.9. The molecule has 1 aliphatic rings. The zero-order chi connectivity index (χ0) is 24.6. The molecule has 0 atom stereocenters. The van der Waals surface area contributed by atoms with Crippen LogP contribution < -0.4 is 14.8 Å². The molecule has 1 saturated heterocycles. The van der Waals surface area contributed by atoms with Gasteiger partial charge in [0, 0.05) is 31.1 Å². The lowest BCUT2D eigenvalue weighted by molar-refractivity contribution is -0.126. The van der Waals surface area contributed by atoms with E-state index < -0.39 is 0 Å². The fourth-order valence-corrected chi connectivity index (χ4v) is 4.53. The summed E-state index contributed by atoms with van der Waals surface area (Å²) in [6, 6.07) is 19.5. The van der Waals surface area contributed by atoms with Crippen LogP contribution in [0, 0.1) is 5.92 Å². The normalized spacial score (nSPS) is 14.1. The molecule has 0 saturated carbocycles. The fraction of sp³-hybridized carbons (Fsp3) is 0.379. The van der Waals surface area contributed by atoms with Crippen molar-refractivity contribution in [3.8, 4) is 11.5 Å². The van der Waals surface area contributed by atoms with Crippen LogP contribution in [-0.2, 0) is 11.3 Å². The number of ether oxygens (including phenoxy) is 2. The second kappa shape index (κ2) is 11.7. The Balaban J connectivity index is 1.30. The van der Waals surface area contributed by atoms with Crippen molar-refractivity contribution in [3.63, 3.8) is 0 Å². The predicted molar refractivity (Wildman–Crippen MR) is 138 cm³/mol. The Labute approximate surface area is 207 Å². The molecule has 35 heavy (non-hydrogen) atoms. The van der Waals surface area contributed by atoms with Crippen LogP contribution in [0.1, 0.15) is 48.5 Å². The number of hydrogen-bond acceptors (Lipinski definition) is 4. The van der Waals surface area contributed by atoms with Gasteiger partial charge in [-0.1, -0.05) is 55.8 Å². The highest BCUT2D eigenvalue weighted by molar-refractivity contribution is 6.07. The molecule has 3 aromatic rings. The number of benzene rings is 3. The maximum Gasteiger partial charge on any atom is 0.254 e. The third kappa shape index (κ3) is 5.94. The van der Waals surface area contributed by atoms with Crippen molar-refractivity contribution in [2.24, 2.45) is 5.92 Å². The van der Waals surface area contributed by atoms with E-state index in [0.29, 0.717) is 44.8 Å². The maximum absolute atomic E-state index is 13.2. The molecule has 4 rings (SSSR count). The smallest absolute Gasteiger partial charge is 0.254 e. The number of carbonyl (C=O) groups is 2. The summed E-state index contributed by atoms with van der Waals surface area (Å²) in [6.45, 7) is 4.37. The van der Waals surface area contributed by atoms with Crippen molar-refractivity contribution in [3.05, 3.63) is 71.8 Å². The fourth-order valence-electron chi connectivity index (χ4n) is 4.53. The summed E-state index contributed by atoms with van der Waals surface area (Å²) in [5.74, 6) is 1.37. The summed E-state index contributed by atoms with van der Waals surface area (Å²) in [7, 11) is 1.62. The number of carbonyl (C=O) groups excluding carboxylic acids is 2. The van der Waals surface area contributed by atoms with E-state index in [0.717, 1.165) is 40.5 Å². The van der Waals surface area contributed by atoms with Crippen LogP contribution in [0.4, 0.5) is 0 Å². The van der Waals surface area contributed by atoms with Crippen LogP contribution in [-0.4, -0.2) is 43.5 Å². The first-order valence-corrected chi connectivity index (χ1v) is 12.4. The number of unbranched alkanes of at least 4 members (excludes halogenated alkanes) is 1. The summed E-state index contributed by atoms with van der Waals surface area (Å²) >= 11 is 0. The lowest BCUT2D eigenvalue weighted by Crippen LogP contribution is -2.43. The second-order valence-electron chi connectivity index (χ2n) is 9.00. The highest BCUT2D eigenvalue weighted by Crippen LogP contribution is 2.29. The monoisotopic (exact) mass is 474 g/mol. The van der Waals surface area contributed by atoms with Crippen LogP contribution in [0.15, 0.2) is 60.7 Å². The lowest BCUT2D eigenvalue weighted by atomic mass is 9.94. The predicted octanol–water partition coefficient (Wildman–Crippen LogP) is 5.20. The van der Waals surface area contributed by atoms with Crippen LogP contribution >= 0.6 is 0 Å². The zero-order valence-corrected chi connectivity index (χ0v) is 20.6. The van der Waals surface area contributed by atoms with Crippen molar-refractivity contribution in [1.29, 1.82) is 0 Å². The van der Waals surface area contributed by atoms with Crippen molar-refractivity contribution in [2.45, 2.75) is 39.2 Å². The summed E-state index contributed by atoms with van der Waals surface area (Å²) in [6.07, 6.45) is 3.39. The topological polar surface area (TPSA) is 67.9 Å². The highest BCUT2D eigenvalue weighted by Gasteiger charge is 2.28. The number of amides is 2. The zero-order valence-electron chi connectivity index (χ0n) is 20.6. The highest BCUT2D eigenvalue weighted by atomic mass is 16.5. The van der Waals surface area contributed by atoms with Crippen LogP contribution in [0.25, 0.3) is 10.8 Å². The van der Waals surface area contributed by atoms with E-state index in [1.54, 1.807) is 7.11 Å². The van der Waals surface area contributed by atoms with Crippen molar-refractivity contribution in [1.82, 2.24) is 10.2 Å². The number of fused-ring (bicyclic) bond motifs is 1. The number of nitrogens with zero attached hydrogens (tertiary/aromatic N) is 1. The number of nitrogens with one attached hydrogen (secondary N) is 1. The quantitative estimate of drug-likeness (QED) is 0.433. The average Bonchev–Trinajstić information content (AvgIpc) is 2.91. The Kier molecular flexibility index (Phi) is 8.24. The number of piperidine rings is 1. The Morgan fingerprint density at radius 3 is 2.54 bits per heavy atom. The third-order valence-electron chi connectivity index (χ3n) is 6.62. The first kappa shape index (κ1) is 24.6. The molecule has 1 fully saturated rings. The average molecular weight is 475 g/mol. The molecule has 0 bridgehead atoms. The molecule has 1 heterocycles. The van der Waals surface area contributed by atoms with Crippen molar-refractivity contribution >= 4 is 22.6 Å². The largest absolute Gasteiger partial charge is 0.493 e. The lowest BCUT2D eigenvalue weighted by Gasteiger charge is -2.31. The number of methoxy groups -OCH3 is 1. The van der Waals surface area contributed by atoms with Crippen molar-refractivity contribution < 1.29 is 19.1 Å². The molecule has 2 amide bonds. The van der Waals surface area contributed by atoms with Crippen LogP contribution in [0.2, 0.25) is 0 Å². The maximum atomic E-state index is 13.2. The van der Waals surface area contributed by atoms with Gasteiger partial charge < -0.3 is 19.7 Å². The standard InChI is InChI=1S/C29H34N2O4/c1-3-4-18-35-26-13-12-21(19-27(26)34-2)20-30-28(32)23-14-16-31(17-15-23)29(33)25-11-7-9-22-8-5-6-10-24(22)25/h5-13,19,23H,3-4,14-18,20H2,1-2H3,(H,30,32). The Hall–Kier alpha value is -3.54. The first-order chi connectivity index (χ1) is 17.1. The van der Waals surface area contributed by atoms with Gasteiger partial charge in [0.1, 0.15) is 0 Å². The molecule has 3 aromatic carbocycles. The van der Waals surface area contributed by atoms with E-state index >= 15 is 0 Å². The summed E-state index contributed by atoms with van der Waals surface area (Å²) in [5, 5.41) is 5.08. The van der Waals surface area contributed by atoms with Gasteiger partial charge in [-0.2, -0.15) is 0 Å². The van der Waals surface area contributed by atoms with Gasteiger partial charge in [-0.05, 0) is 53.8 Å². The number of rotatable bonds is 9. The van der Waals surface area contributed by atoms with Gasteiger partial charge >= 0.3 is 0 Å². The molecule has 6 heteroatoms. The summed E-state index contributed by atoms with van der Waals surface area (Å²) in [5.41, 5.74) is 1.68. The number of hydrogen-bond donors (Lipinski definition) is 1. The Bertz CT molecular complexity index is 1160. The molecular weight excluding hydrogens is 440 g/mol. The molecule has 1 N–H and O–H groups in total. The minimum Gasteiger partial charge on any atom is -0.493 e. The van der Waals surface area contributed by atoms with E-state index in [1.165, 1.54) is 0 Å². The van der Waals surface area contributed by atoms with Crippen LogP contribution in [0.3, 0.4) is 0 Å². The SMILES string of the molecule is CCCCOc1ccc(CNC(=O)C2CCN(C(=O)c3cccc4ccccc34)CC2)cc1OC. The molecule has 0 unspecified atom stereocenters.